The number of fused-ring (bicyclic) bond motifs is 1. The predicted octanol–water partition coefficient (Wildman–Crippen LogP) is 2.39. The lowest BCUT2D eigenvalue weighted by atomic mass is 10.1. The summed E-state index contributed by atoms with van der Waals surface area (Å²) in [7, 11) is 0. The van der Waals surface area contributed by atoms with Crippen molar-refractivity contribution < 1.29 is 9.59 Å². The van der Waals surface area contributed by atoms with E-state index in [0.717, 1.165) is 16.8 Å². The molecule has 148 valence electrons. The zero-order chi connectivity index (χ0) is 20.2. The number of carbonyl (C=O) groups is 2. The van der Waals surface area contributed by atoms with Crippen LogP contribution in [0.15, 0.2) is 67.0 Å². The van der Waals surface area contributed by atoms with Crippen molar-refractivity contribution in [3.8, 4) is 0 Å². The zero-order valence-electron chi connectivity index (χ0n) is 16.2. The standard InChI is InChI=1S/C22H23N5O2/c1-16(22(29)27-15-21(28)25-19-9-4-5-10-20(19)27)23-13-17-7-2-3-8-18(17)14-26-12-6-11-24-26/h2-12,16,23H,13-15H2,1H3,(H,25,28)/t16-/m0/s1. The molecule has 0 spiro atoms. The normalized spacial score (nSPS) is 14.2. The molecule has 0 saturated carbocycles. The number of nitrogens with zero attached hydrogens (tertiary/aromatic N) is 3. The molecular formula is C22H23N5O2. The van der Waals surface area contributed by atoms with Gasteiger partial charge in [-0.2, -0.15) is 5.10 Å². The summed E-state index contributed by atoms with van der Waals surface area (Å²) in [6.45, 7) is 3.07. The molecule has 0 bridgehead atoms. The summed E-state index contributed by atoms with van der Waals surface area (Å²) in [4.78, 5) is 26.6. The number of amides is 2. The molecule has 4 rings (SSSR count). The third kappa shape index (κ3) is 4.20. The average Bonchev–Trinajstić information content (AvgIpc) is 3.25. The number of carbonyl (C=O) groups excluding carboxylic acids is 2. The van der Waals surface area contributed by atoms with Crippen LogP contribution in [0.5, 0.6) is 0 Å². The minimum absolute atomic E-state index is 0.0255. The predicted molar refractivity (Wildman–Crippen MR) is 111 cm³/mol. The Hall–Kier alpha value is -3.45. The largest absolute Gasteiger partial charge is 0.323 e. The van der Waals surface area contributed by atoms with Crippen LogP contribution in [-0.4, -0.2) is 34.2 Å². The lowest BCUT2D eigenvalue weighted by molar-refractivity contribution is -0.123. The Morgan fingerprint density at radius 1 is 1.14 bits per heavy atom. The van der Waals surface area contributed by atoms with Gasteiger partial charge in [0.2, 0.25) is 11.8 Å². The van der Waals surface area contributed by atoms with Crippen LogP contribution < -0.4 is 15.5 Å². The summed E-state index contributed by atoms with van der Waals surface area (Å²) in [6.07, 6.45) is 3.68. The second-order valence-electron chi connectivity index (χ2n) is 7.06. The van der Waals surface area contributed by atoms with Crippen LogP contribution in [0, 0.1) is 0 Å². The molecule has 0 saturated heterocycles. The van der Waals surface area contributed by atoms with Gasteiger partial charge in [-0.05, 0) is 36.2 Å². The van der Waals surface area contributed by atoms with Crippen molar-refractivity contribution in [3.05, 3.63) is 78.1 Å². The van der Waals surface area contributed by atoms with Crippen molar-refractivity contribution in [1.82, 2.24) is 15.1 Å². The van der Waals surface area contributed by atoms with Gasteiger partial charge in [0.25, 0.3) is 0 Å². The molecule has 7 heteroatoms. The second-order valence-corrected chi connectivity index (χ2v) is 7.06. The molecule has 2 N–H and O–H groups in total. The first kappa shape index (κ1) is 18.9. The van der Waals surface area contributed by atoms with Crippen molar-refractivity contribution >= 4 is 23.2 Å². The number of rotatable bonds is 6. The molecule has 1 aliphatic rings. The Labute approximate surface area is 169 Å². The van der Waals surface area contributed by atoms with Gasteiger partial charge in [0.15, 0.2) is 0 Å². The van der Waals surface area contributed by atoms with E-state index >= 15 is 0 Å². The van der Waals surface area contributed by atoms with E-state index in [1.807, 2.05) is 60.3 Å². The van der Waals surface area contributed by atoms with Crippen molar-refractivity contribution in [1.29, 1.82) is 0 Å². The number of nitrogens with one attached hydrogen (secondary N) is 2. The first-order valence-corrected chi connectivity index (χ1v) is 9.59. The van der Waals surface area contributed by atoms with Gasteiger partial charge in [-0.3, -0.25) is 19.2 Å². The minimum Gasteiger partial charge on any atom is -0.323 e. The molecule has 1 atom stereocenters. The third-order valence-electron chi connectivity index (χ3n) is 5.02. The smallest absolute Gasteiger partial charge is 0.244 e. The van der Waals surface area contributed by atoms with Crippen LogP contribution in [0.1, 0.15) is 18.1 Å². The van der Waals surface area contributed by atoms with Crippen LogP contribution in [0.3, 0.4) is 0 Å². The van der Waals surface area contributed by atoms with Crippen LogP contribution in [0.4, 0.5) is 11.4 Å². The third-order valence-corrected chi connectivity index (χ3v) is 5.02. The Morgan fingerprint density at radius 3 is 2.69 bits per heavy atom. The number of aromatic nitrogens is 2. The lowest BCUT2D eigenvalue weighted by Gasteiger charge is -2.31. The van der Waals surface area contributed by atoms with Gasteiger partial charge in [-0.15, -0.1) is 0 Å². The van der Waals surface area contributed by atoms with E-state index in [1.54, 1.807) is 17.2 Å². The van der Waals surface area contributed by atoms with Gasteiger partial charge in [0, 0.05) is 18.9 Å². The lowest BCUT2D eigenvalue weighted by Crippen LogP contribution is -2.49. The molecular weight excluding hydrogens is 366 g/mol. The molecule has 1 aromatic heterocycles. The fourth-order valence-corrected chi connectivity index (χ4v) is 3.47. The topological polar surface area (TPSA) is 79.3 Å². The number of para-hydroxylation sites is 2. The van der Waals surface area contributed by atoms with Crippen LogP contribution in [-0.2, 0) is 22.7 Å². The fraction of sp³-hybridized carbons (Fsp3) is 0.227. The molecule has 2 aromatic carbocycles. The van der Waals surface area contributed by atoms with Gasteiger partial charge < -0.3 is 10.6 Å². The maximum absolute atomic E-state index is 13.0. The van der Waals surface area contributed by atoms with E-state index in [1.165, 1.54) is 0 Å². The van der Waals surface area contributed by atoms with Gasteiger partial charge >= 0.3 is 0 Å². The molecule has 7 nitrogen and oxygen atoms in total. The van der Waals surface area contributed by atoms with E-state index in [4.69, 9.17) is 0 Å². The molecule has 0 aliphatic carbocycles. The van der Waals surface area contributed by atoms with E-state index in [0.29, 0.717) is 18.8 Å². The number of hydrogen-bond acceptors (Lipinski definition) is 4. The van der Waals surface area contributed by atoms with Crippen LogP contribution in [0.25, 0.3) is 0 Å². The summed E-state index contributed by atoms with van der Waals surface area (Å²) in [5, 5.41) is 10.4. The Bertz CT molecular complexity index is 1020. The van der Waals surface area contributed by atoms with Crippen LogP contribution >= 0.6 is 0 Å². The van der Waals surface area contributed by atoms with Gasteiger partial charge in [-0.25, -0.2) is 0 Å². The molecule has 2 heterocycles. The first-order valence-electron chi connectivity index (χ1n) is 9.59. The molecule has 2 amide bonds. The SMILES string of the molecule is C[C@H](NCc1ccccc1Cn1cccn1)C(=O)N1CC(=O)Nc2ccccc21. The van der Waals surface area contributed by atoms with Gasteiger partial charge in [-0.1, -0.05) is 36.4 Å². The quantitative estimate of drug-likeness (QED) is 0.679. The monoisotopic (exact) mass is 389 g/mol. The van der Waals surface area contributed by atoms with Crippen molar-refractivity contribution in [2.75, 3.05) is 16.8 Å². The van der Waals surface area contributed by atoms with E-state index < -0.39 is 6.04 Å². The van der Waals surface area contributed by atoms with Crippen LogP contribution in [0.2, 0.25) is 0 Å². The Balaban J connectivity index is 1.45. The molecule has 0 fully saturated rings. The van der Waals surface area contributed by atoms with Gasteiger partial charge in [0.1, 0.15) is 6.54 Å². The summed E-state index contributed by atoms with van der Waals surface area (Å²) in [5.41, 5.74) is 3.64. The minimum atomic E-state index is -0.438. The highest BCUT2D eigenvalue weighted by atomic mass is 16.2. The van der Waals surface area contributed by atoms with E-state index in [9.17, 15) is 9.59 Å². The van der Waals surface area contributed by atoms with Crippen molar-refractivity contribution in [2.45, 2.75) is 26.1 Å². The van der Waals surface area contributed by atoms with Gasteiger partial charge in [0.05, 0.1) is 24.0 Å². The second kappa shape index (κ2) is 8.28. The maximum atomic E-state index is 13.0. The molecule has 1 aliphatic heterocycles. The summed E-state index contributed by atoms with van der Waals surface area (Å²) >= 11 is 0. The zero-order valence-corrected chi connectivity index (χ0v) is 16.2. The number of hydrogen-bond donors (Lipinski definition) is 2. The Morgan fingerprint density at radius 2 is 1.90 bits per heavy atom. The highest BCUT2D eigenvalue weighted by Crippen LogP contribution is 2.29. The molecule has 0 radical (unpaired) electrons. The average molecular weight is 389 g/mol. The van der Waals surface area contributed by atoms with Crippen molar-refractivity contribution in [3.63, 3.8) is 0 Å². The highest BCUT2D eigenvalue weighted by Gasteiger charge is 2.29. The van der Waals surface area contributed by atoms with Crippen molar-refractivity contribution in [2.24, 2.45) is 0 Å². The molecule has 0 unspecified atom stereocenters. The summed E-state index contributed by atoms with van der Waals surface area (Å²) < 4.78 is 1.87. The highest BCUT2D eigenvalue weighted by molar-refractivity contribution is 6.11. The number of anilines is 2. The summed E-state index contributed by atoms with van der Waals surface area (Å²) in [5.74, 6) is -0.314. The summed E-state index contributed by atoms with van der Waals surface area (Å²) in [6, 6.07) is 16.9. The molecule has 29 heavy (non-hydrogen) atoms. The van der Waals surface area contributed by atoms with E-state index in [2.05, 4.69) is 21.8 Å². The first-order chi connectivity index (χ1) is 14.1. The molecule has 3 aromatic rings. The Kier molecular flexibility index (Phi) is 5.39. The number of benzene rings is 2. The van der Waals surface area contributed by atoms with E-state index in [-0.39, 0.29) is 18.4 Å². The maximum Gasteiger partial charge on any atom is 0.244 e. The fourth-order valence-electron chi connectivity index (χ4n) is 3.47.